The predicted molar refractivity (Wildman–Crippen MR) is 97.3 cm³/mol. The molecule has 1 aromatic heterocycles. The summed E-state index contributed by atoms with van der Waals surface area (Å²) in [6.07, 6.45) is 3.73. The number of nitrogens with zero attached hydrogens (tertiary/aromatic N) is 2. The zero-order chi connectivity index (χ0) is 18.4. The predicted octanol–water partition coefficient (Wildman–Crippen LogP) is 2.70. The Morgan fingerprint density at radius 3 is 2.76 bits per heavy atom. The Kier molecular flexibility index (Phi) is 6.38. The molecular weight excluding hydrogens is 316 g/mol. The van der Waals surface area contributed by atoms with Crippen LogP contribution in [0.3, 0.4) is 0 Å². The number of ether oxygens (including phenoxy) is 1. The van der Waals surface area contributed by atoms with Crippen molar-refractivity contribution in [2.45, 2.75) is 65.6 Å². The molecule has 0 saturated heterocycles. The van der Waals surface area contributed by atoms with E-state index < -0.39 is 0 Å². The maximum absolute atomic E-state index is 11.0. The maximum atomic E-state index is 11.0. The van der Waals surface area contributed by atoms with Crippen molar-refractivity contribution in [3.63, 3.8) is 0 Å². The second-order valence-corrected chi connectivity index (χ2v) is 7.09. The van der Waals surface area contributed by atoms with Gasteiger partial charge in [0.1, 0.15) is 11.9 Å². The molecule has 0 saturated carbocycles. The average molecular weight is 344 g/mol. The molecule has 0 fully saturated rings. The quantitative estimate of drug-likeness (QED) is 0.743. The normalized spacial score (nSPS) is 15.2. The van der Waals surface area contributed by atoms with Crippen molar-refractivity contribution in [2.24, 2.45) is 0 Å². The third kappa shape index (κ3) is 4.93. The Morgan fingerprint density at radius 1 is 1.36 bits per heavy atom. The van der Waals surface area contributed by atoms with Gasteiger partial charge >= 0.3 is 0 Å². The van der Waals surface area contributed by atoms with E-state index >= 15 is 0 Å². The number of pyridine rings is 1. The first-order valence-corrected chi connectivity index (χ1v) is 8.95. The van der Waals surface area contributed by atoms with Gasteiger partial charge in [-0.05, 0) is 32.3 Å². The zero-order valence-corrected chi connectivity index (χ0v) is 15.7. The third-order valence-corrected chi connectivity index (χ3v) is 4.38. The van der Waals surface area contributed by atoms with Gasteiger partial charge in [-0.2, -0.15) is 5.26 Å². The number of aryl methyl sites for hydroxylation is 1. The summed E-state index contributed by atoms with van der Waals surface area (Å²) in [4.78, 5) is 15.7. The van der Waals surface area contributed by atoms with Gasteiger partial charge < -0.3 is 15.4 Å². The van der Waals surface area contributed by atoms with E-state index in [4.69, 9.17) is 9.72 Å². The lowest BCUT2D eigenvalue weighted by Crippen LogP contribution is -2.34. The highest BCUT2D eigenvalue weighted by Gasteiger charge is 2.31. The monoisotopic (exact) mass is 344 g/mol. The summed E-state index contributed by atoms with van der Waals surface area (Å²) in [5, 5.41) is 15.7. The molecule has 2 N–H and O–H groups in total. The Bertz CT molecular complexity index is 677. The van der Waals surface area contributed by atoms with E-state index in [1.807, 2.05) is 13.8 Å². The summed E-state index contributed by atoms with van der Waals surface area (Å²) in [6, 6.07) is 2.33. The SMILES string of the molecule is CCCCc1nc(NCCNC(C)=O)c(C#N)c2c1COC(C)(C)C2. The summed E-state index contributed by atoms with van der Waals surface area (Å²) in [6.45, 7) is 9.28. The Balaban J connectivity index is 2.34. The number of amides is 1. The number of nitriles is 1. The van der Waals surface area contributed by atoms with Crippen LogP contribution in [0.2, 0.25) is 0 Å². The molecule has 0 spiro atoms. The smallest absolute Gasteiger partial charge is 0.216 e. The topological polar surface area (TPSA) is 87.0 Å². The Morgan fingerprint density at radius 2 is 2.12 bits per heavy atom. The molecule has 136 valence electrons. The molecule has 25 heavy (non-hydrogen) atoms. The fraction of sp³-hybridized carbons (Fsp3) is 0.632. The first-order valence-electron chi connectivity index (χ1n) is 8.95. The first-order chi connectivity index (χ1) is 11.9. The molecule has 1 aliphatic rings. The van der Waals surface area contributed by atoms with Crippen molar-refractivity contribution in [1.29, 1.82) is 5.26 Å². The summed E-state index contributed by atoms with van der Waals surface area (Å²) in [5.74, 6) is 0.554. The van der Waals surface area contributed by atoms with Gasteiger partial charge in [-0.1, -0.05) is 13.3 Å². The average Bonchev–Trinajstić information content (AvgIpc) is 2.55. The lowest BCUT2D eigenvalue weighted by Gasteiger charge is -2.33. The summed E-state index contributed by atoms with van der Waals surface area (Å²) >= 11 is 0. The van der Waals surface area contributed by atoms with E-state index in [-0.39, 0.29) is 11.5 Å². The van der Waals surface area contributed by atoms with Crippen LogP contribution in [0.4, 0.5) is 5.82 Å². The Hall–Kier alpha value is -2.13. The lowest BCUT2D eigenvalue weighted by molar-refractivity contribution is -0.118. The molecule has 2 heterocycles. The Labute approximate surface area is 150 Å². The number of aromatic nitrogens is 1. The highest BCUT2D eigenvalue weighted by molar-refractivity contribution is 5.72. The molecule has 1 aliphatic heterocycles. The lowest BCUT2D eigenvalue weighted by atomic mass is 9.87. The minimum atomic E-state index is -0.282. The van der Waals surface area contributed by atoms with Gasteiger partial charge in [0.15, 0.2) is 0 Å². The van der Waals surface area contributed by atoms with Crippen molar-refractivity contribution in [3.8, 4) is 6.07 Å². The number of anilines is 1. The van der Waals surface area contributed by atoms with E-state index in [0.29, 0.717) is 37.5 Å². The molecule has 6 nitrogen and oxygen atoms in total. The van der Waals surface area contributed by atoms with Gasteiger partial charge in [-0.15, -0.1) is 0 Å². The fourth-order valence-corrected chi connectivity index (χ4v) is 3.05. The van der Waals surface area contributed by atoms with Gasteiger partial charge in [0, 0.05) is 37.7 Å². The van der Waals surface area contributed by atoms with Crippen LogP contribution in [0, 0.1) is 11.3 Å². The summed E-state index contributed by atoms with van der Waals surface area (Å²) in [5.41, 5.74) is 3.48. The van der Waals surface area contributed by atoms with Crippen LogP contribution in [-0.4, -0.2) is 29.6 Å². The van der Waals surface area contributed by atoms with Crippen LogP contribution in [-0.2, 0) is 29.0 Å². The van der Waals surface area contributed by atoms with Crippen LogP contribution in [0.25, 0.3) is 0 Å². The third-order valence-electron chi connectivity index (χ3n) is 4.38. The number of unbranched alkanes of at least 4 members (excludes halogenated alkanes) is 1. The number of hydrogen-bond acceptors (Lipinski definition) is 5. The molecule has 2 rings (SSSR count). The van der Waals surface area contributed by atoms with E-state index in [2.05, 4.69) is 23.6 Å². The van der Waals surface area contributed by atoms with Crippen molar-refractivity contribution >= 4 is 11.7 Å². The molecule has 0 atom stereocenters. The van der Waals surface area contributed by atoms with Crippen molar-refractivity contribution in [1.82, 2.24) is 10.3 Å². The molecule has 0 radical (unpaired) electrons. The number of rotatable bonds is 7. The minimum absolute atomic E-state index is 0.0664. The molecular formula is C19H28N4O2. The fourth-order valence-electron chi connectivity index (χ4n) is 3.05. The molecule has 0 unspecified atom stereocenters. The number of hydrogen-bond donors (Lipinski definition) is 2. The molecule has 0 aromatic carbocycles. The zero-order valence-electron chi connectivity index (χ0n) is 15.7. The molecule has 1 amide bonds. The standard InChI is InChI=1S/C19H28N4O2/c1-5-6-7-17-16-12-25-19(3,4)10-14(16)15(11-20)18(23-17)22-9-8-21-13(2)24/h5-10,12H2,1-4H3,(H,21,24)(H,22,23). The maximum Gasteiger partial charge on any atom is 0.216 e. The van der Waals surface area contributed by atoms with Crippen LogP contribution in [0.1, 0.15) is 62.9 Å². The van der Waals surface area contributed by atoms with Crippen molar-refractivity contribution in [2.75, 3.05) is 18.4 Å². The molecule has 6 heteroatoms. The van der Waals surface area contributed by atoms with Crippen molar-refractivity contribution in [3.05, 3.63) is 22.4 Å². The second-order valence-electron chi connectivity index (χ2n) is 7.09. The molecule has 0 bridgehead atoms. The van der Waals surface area contributed by atoms with E-state index in [1.165, 1.54) is 6.92 Å². The van der Waals surface area contributed by atoms with Gasteiger partial charge in [0.25, 0.3) is 0 Å². The summed E-state index contributed by atoms with van der Waals surface area (Å²) < 4.78 is 5.96. The van der Waals surface area contributed by atoms with E-state index in [1.54, 1.807) is 0 Å². The second kappa shape index (κ2) is 8.30. The number of carbonyl (C=O) groups excluding carboxylic acids is 1. The number of fused-ring (bicyclic) bond motifs is 1. The van der Waals surface area contributed by atoms with E-state index in [9.17, 15) is 10.1 Å². The van der Waals surface area contributed by atoms with Crippen LogP contribution in [0.15, 0.2) is 0 Å². The number of nitrogens with one attached hydrogen (secondary N) is 2. The van der Waals surface area contributed by atoms with E-state index in [0.717, 1.165) is 36.1 Å². The molecule has 1 aromatic rings. The highest BCUT2D eigenvalue weighted by atomic mass is 16.5. The van der Waals surface area contributed by atoms with Crippen LogP contribution in [0.5, 0.6) is 0 Å². The van der Waals surface area contributed by atoms with Gasteiger partial charge in [-0.3, -0.25) is 4.79 Å². The number of carbonyl (C=O) groups is 1. The first kappa shape index (κ1) is 19.2. The van der Waals surface area contributed by atoms with Gasteiger partial charge in [0.2, 0.25) is 5.91 Å². The van der Waals surface area contributed by atoms with Crippen LogP contribution >= 0.6 is 0 Å². The molecule has 0 aliphatic carbocycles. The summed E-state index contributed by atoms with van der Waals surface area (Å²) in [7, 11) is 0. The minimum Gasteiger partial charge on any atom is -0.370 e. The van der Waals surface area contributed by atoms with Gasteiger partial charge in [0.05, 0.1) is 17.8 Å². The van der Waals surface area contributed by atoms with Crippen molar-refractivity contribution < 1.29 is 9.53 Å². The van der Waals surface area contributed by atoms with Gasteiger partial charge in [-0.25, -0.2) is 4.98 Å². The highest BCUT2D eigenvalue weighted by Crippen LogP contribution is 2.34. The largest absolute Gasteiger partial charge is 0.370 e. The van der Waals surface area contributed by atoms with Crippen LogP contribution < -0.4 is 10.6 Å².